The lowest BCUT2D eigenvalue weighted by molar-refractivity contribution is -0.384. The van der Waals surface area contributed by atoms with E-state index >= 15 is 0 Å². The maximum atomic E-state index is 12.9. The second kappa shape index (κ2) is 7.89. The first-order chi connectivity index (χ1) is 12.6. The predicted molar refractivity (Wildman–Crippen MR) is 83.9 cm³/mol. The summed E-state index contributed by atoms with van der Waals surface area (Å²) < 4.78 is 48.0. The number of ether oxygens (including phenoxy) is 1. The summed E-state index contributed by atoms with van der Waals surface area (Å²) >= 11 is 0. The molecule has 0 spiro atoms. The predicted octanol–water partition coefficient (Wildman–Crippen LogP) is 3.18. The number of carbonyl (C=O) groups is 2. The first-order valence-electron chi connectivity index (χ1n) is 7.37. The van der Waals surface area contributed by atoms with Crippen molar-refractivity contribution < 1.29 is 36.8 Å². The van der Waals surface area contributed by atoms with Gasteiger partial charge in [0.05, 0.1) is 30.4 Å². The Labute approximate surface area is 150 Å². The minimum absolute atomic E-state index is 0.0891. The number of furan rings is 1. The highest BCUT2D eigenvalue weighted by molar-refractivity contribution is 5.99. The number of nitrogens with zero attached hydrogens (tertiary/aromatic N) is 2. The Morgan fingerprint density at radius 1 is 1.26 bits per heavy atom. The molecule has 0 aliphatic rings. The Morgan fingerprint density at radius 3 is 2.44 bits per heavy atom. The van der Waals surface area contributed by atoms with E-state index in [2.05, 4.69) is 4.74 Å². The summed E-state index contributed by atoms with van der Waals surface area (Å²) in [6.45, 7) is -2.12. The van der Waals surface area contributed by atoms with E-state index in [0.717, 1.165) is 25.3 Å². The van der Waals surface area contributed by atoms with Gasteiger partial charge >= 0.3 is 12.1 Å². The lowest BCUT2D eigenvalue weighted by Crippen LogP contribution is -2.38. The van der Waals surface area contributed by atoms with Crippen LogP contribution in [0.2, 0.25) is 0 Å². The highest BCUT2D eigenvalue weighted by Gasteiger charge is 2.34. The summed E-state index contributed by atoms with van der Waals surface area (Å²) in [4.78, 5) is 34.8. The highest BCUT2D eigenvalue weighted by Crippen LogP contribution is 2.23. The fraction of sp³-hybridized carbons (Fsp3) is 0.250. The van der Waals surface area contributed by atoms with Crippen LogP contribution in [0, 0.1) is 10.1 Å². The van der Waals surface area contributed by atoms with Gasteiger partial charge in [-0.05, 0) is 18.2 Å². The number of hydrogen-bond donors (Lipinski definition) is 0. The highest BCUT2D eigenvalue weighted by atomic mass is 19.4. The van der Waals surface area contributed by atoms with Crippen molar-refractivity contribution in [3.63, 3.8) is 0 Å². The normalized spacial score (nSPS) is 11.1. The number of alkyl halides is 3. The van der Waals surface area contributed by atoms with Crippen molar-refractivity contribution in [2.45, 2.75) is 12.7 Å². The summed E-state index contributed by atoms with van der Waals surface area (Å²) in [6.07, 6.45) is -3.48. The van der Waals surface area contributed by atoms with Crippen molar-refractivity contribution in [2.24, 2.45) is 0 Å². The first kappa shape index (κ1) is 19.9. The van der Waals surface area contributed by atoms with Crippen LogP contribution in [0.1, 0.15) is 26.5 Å². The molecule has 1 aromatic heterocycles. The summed E-state index contributed by atoms with van der Waals surface area (Å²) in [6, 6.07) is 5.41. The molecule has 0 atom stereocenters. The monoisotopic (exact) mass is 386 g/mol. The number of amides is 1. The quantitative estimate of drug-likeness (QED) is 0.429. The molecule has 144 valence electrons. The largest absolute Gasteiger partial charge is 0.467 e. The Bertz CT molecular complexity index is 848. The van der Waals surface area contributed by atoms with Gasteiger partial charge in [-0.2, -0.15) is 13.2 Å². The first-order valence-corrected chi connectivity index (χ1v) is 7.37. The molecule has 0 unspecified atom stereocenters. The Morgan fingerprint density at radius 2 is 1.93 bits per heavy atom. The zero-order chi connectivity index (χ0) is 20.2. The number of nitro benzene ring substituents is 1. The van der Waals surface area contributed by atoms with E-state index in [9.17, 15) is 32.9 Å². The third-order valence-electron chi connectivity index (χ3n) is 3.38. The van der Waals surface area contributed by atoms with Gasteiger partial charge in [-0.1, -0.05) is 0 Å². The van der Waals surface area contributed by atoms with Crippen LogP contribution in [0.4, 0.5) is 18.9 Å². The van der Waals surface area contributed by atoms with Crippen LogP contribution in [0.3, 0.4) is 0 Å². The van der Waals surface area contributed by atoms with Crippen LogP contribution in [-0.4, -0.2) is 41.5 Å². The number of halogens is 3. The number of benzene rings is 1. The summed E-state index contributed by atoms with van der Waals surface area (Å²) in [5.41, 5.74) is -1.42. The van der Waals surface area contributed by atoms with Gasteiger partial charge in [0.25, 0.3) is 11.6 Å². The molecule has 0 bridgehead atoms. The fourth-order valence-electron chi connectivity index (χ4n) is 2.26. The number of esters is 1. The van der Waals surface area contributed by atoms with Gasteiger partial charge in [-0.15, -0.1) is 0 Å². The van der Waals surface area contributed by atoms with Crippen molar-refractivity contribution >= 4 is 17.6 Å². The van der Waals surface area contributed by atoms with Crippen molar-refractivity contribution in [1.82, 2.24) is 4.90 Å². The second-order valence-electron chi connectivity index (χ2n) is 5.37. The topological polar surface area (TPSA) is 103 Å². The van der Waals surface area contributed by atoms with Gasteiger partial charge in [0.1, 0.15) is 12.3 Å². The van der Waals surface area contributed by atoms with Crippen LogP contribution in [0.5, 0.6) is 0 Å². The lowest BCUT2D eigenvalue weighted by atomic mass is 10.1. The Hall–Kier alpha value is -3.37. The SMILES string of the molecule is COC(=O)c1cc(C(=O)N(Cc2ccco2)CC(F)(F)F)cc([N+](=O)[O-])c1. The molecule has 0 radical (unpaired) electrons. The van der Waals surface area contributed by atoms with Crippen molar-refractivity contribution in [2.75, 3.05) is 13.7 Å². The molecule has 0 aliphatic heterocycles. The van der Waals surface area contributed by atoms with Crippen LogP contribution < -0.4 is 0 Å². The van der Waals surface area contributed by atoms with E-state index in [-0.39, 0.29) is 11.3 Å². The zero-order valence-corrected chi connectivity index (χ0v) is 13.9. The van der Waals surface area contributed by atoms with Gasteiger partial charge in [-0.25, -0.2) is 4.79 Å². The molecule has 8 nitrogen and oxygen atoms in total. The van der Waals surface area contributed by atoms with Crippen LogP contribution in [-0.2, 0) is 11.3 Å². The van der Waals surface area contributed by atoms with Crippen LogP contribution >= 0.6 is 0 Å². The number of carbonyl (C=O) groups excluding carboxylic acids is 2. The molecule has 0 aliphatic carbocycles. The van der Waals surface area contributed by atoms with Gasteiger partial charge in [0.2, 0.25) is 0 Å². The fourth-order valence-corrected chi connectivity index (χ4v) is 2.26. The molecular formula is C16H13F3N2O6. The van der Waals surface area contributed by atoms with E-state index in [1.807, 2.05) is 0 Å². The molecule has 27 heavy (non-hydrogen) atoms. The summed E-state index contributed by atoms with van der Waals surface area (Å²) in [7, 11) is 1.02. The van der Waals surface area contributed by atoms with E-state index in [4.69, 9.17) is 4.42 Å². The molecular weight excluding hydrogens is 373 g/mol. The average Bonchev–Trinajstić information content (AvgIpc) is 3.11. The molecule has 1 aromatic carbocycles. The molecule has 11 heteroatoms. The summed E-state index contributed by atoms with van der Waals surface area (Å²) in [5.74, 6) is -2.04. The van der Waals surface area contributed by atoms with Crippen molar-refractivity contribution in [3.8, 4) is 0 Å². The van der Waals surface area contributed by atoms with E-state index < -0.39 is 47.3 Å². The number of hydrogen-bond acceptors (Lipinski definition) is 6. The number of methoxy groups -OCH3 is 1. The molecule has 2 rings (SSSR count). The minimum atomic E-state index is -4.71. The molecule has 0 fully saturated rings. The standard InChI is InChI=1S/C16H13F3N2O6/c1-26-15(23)11-5-10(6-12(7-11)21(24)25)14(22)20(9-16(17,18)19)8-13-3-2-4-27-13/h2-7H,8-9H2,1H3. The second-order valence-corrected chi connectivity index (χ2v) is 5.37. The minimum Gasteiger partial charge on any atom is -0.467 e. The van der Waals surface area contributed by atoms with Gasteiger partial charge < -0.3 is 14.1 Å². The molecule has 0 N–H and O–H groups in total. The molecule has 1 heterocycles. The van der Waals surface area contributed by atoms with Crippen molar-refractivity contribution in [1.29, 1.82) is 0 Å². The van der Waals surface area contributed by atoms with Crippen molar-refractivity contribution in [3.05, 3.63) is 63.6 Å². The zero-order valence-electron chi connectivity index (χ0n) is 13.9. The van der Waals surface area contributed by atoms with Gasteiger partial charge in [0, 0.05) is 17.7 Å². The molecule has 0 saturated heterocycles. The van der Waals surface area contributed by atoms with Crippen LogP contribution in [0.25, 0.3) is 0 Å². The number of non-ortho nitro benzene ring substituents is 1. The third-order valence-corrected chi connectivity index (χ3v) is 3.38. The third kappa shape index (κ3) is 5.30. The smallest absolute Gasteiger partial charge is 0.406 e. The maximum absolute atomic E-state index is 12.9. The van der Waals surface area contributed by atoms with Gasteiger partial charge in [-0.3, -0.25) is 14.9 Å². The van der Waals surface area contributed by atoms with E-state index in [1.54, 1.807) is 0 Å². The molecule has 1 amide bonds. The van der Waals surface area contributed by atoms with E-state index in [0.29, 0.717) is 4.90 Å². The summed E-state index contributed by atoms with van der Waals surface area (Å²) in [5, 5.41) is 11.0. The maximum Gasteiger partial charge on any atom is 0.406 e. The average molecular weight is 386 g/mol. The number of rotatable bonds is 6. The van der Waals surface area contributed by atoms with Gasteiger partial charge in [0.15, 0.2) is 0 Å². The molecule has 2 aromatic rings. The number of nitro groups is 1. The van der Waals surface area contributed by atoms with E-state index in [1.165, 1.54) is 18.4 Å². The Balaban J connectivity index is 2.44. The van der Waals surface area contributed by atoms with Crippen LogP contribution in [0.15, 0.2) is 41.0 Å². The Kier molecular flexibility index (Phi) is 5.83. The lowest BCUT2D eigenvalue weighted by Gasteiger charge is -2.23. The molecule has 0 saturated carbocycles.